The number of nitrogens with two attached hydrogens (primary N) is 1. The van der Waals surface area contributed by atoms with Crippen molar-refractivity contribution in [1.29, 1.82) is 0 Å². The van der Waals surface area contributed by atoms with Crippen LogP contribution in [0, 0.1) is 5.92 Å². The summed E-state index contributed by atoms with van der Waals surface area (Å²) < 4.78 is 1.68. The van der Waals surface area contributed by atoms with E-state index in [1.54, 1.807) is 11.0 Å². The molecule has 0 aliphatic rings. The van der Waals surface area contributed by atoms with Gasteiger partial charge in [0.15, 0.2) is 5.82 Å². The Bertz CT molecular complexity index is 241. The molecule has 1 heterocycles. The normalized spacial score (nSPS) is 13.8. The van der Waals surface area contributed by atoms with Crippen molar-refractivity contribution < 1.29 is 0 Å². The molecule has 1 atom stereocenters. The summed E-state index contributed by atoms with van der Waals surface area (Å²) in [5.41, 5.74) is 5.87. The molecule has 0 aliphatic heterocycles. The van der Waals surface area contributed by atoms with Gasteiger partial charge < -0.3 is 5.73 Å². The zero-order chi connectivity index (χ0) is 9.14. The number of rotatable bonds is 3. The third-order valence-corrected chi connectivity index (χ3v) is 1.67. The van der Waals surface area contributed by atoms with Crippen molar-refractivity contribution in [3.63, 3.8) is 0 Å². The minimum absolute atomic E-state index is 0.0220. The highest BCUT2D eigenvalue weighted by atomic mass is 15.3. The minimum atomic E-state index is -0.0220. The molecule has 1 rings (SSSR count). The second-order valence-corrected chi connectivity index (χ2v) is 3.51. The van der Waals surface area contributed by atoms with Crippen LogP contribution in [0.1, 0.15) is 32.1 Å². The molecular weight excluding hydrogens is 152 g/mol. The van der Waals surface area contributed by atoms with E-state index in [4.69, 9.17) is 5.73 Å². The standard InChI is InChI=1S/C8H16N4/c1-6(2)4-7(9)8-10-5-12(3)11-8/h5-7H,4,9H2,1-3H3/t7-/m1/s1. The van der Waals surface area contributed by atoms with Crippen molar-refractivity contribution in [2.45, 2.75) is 26.3 Å². The highest BCUT2D eigenvalue weighted by Gasteiger charge is 2.11. The topological polar surface area (TPSA) is 56.7 Å². The van der Waals surface area contributed by atoms with Gasteiger partial charge in [0.1, 0.15) is 6.33 Å². The Labute approximate surface area is 72.8 Å². The van der Waals surface area contributed by atoms with Crippen molar-refractivity contribution in [3.05, 3.63) is 12.2 Å². The lowest BCUT2D eigenvalue weighted by atomic mass is 10.0. The van der Waals surface area contributed by atoms with E-state index in [-0.39, 0.29) is 6.04 Å². The molecule has 0 fully saturated rings. The van der Waals surface area contributed by atoms with Gasteiger partial charge in [-0.25, -0.2) is 4.98 Å². The van der Waals surface area contributed by atoms with Crippen LogP contribution in [0.25, 0.3) is 0 Å². The van der Waals surface area contributed by atoms with Crippen molar-refractivity contribution >= 4 is 0 Å². The third-order valence-electron chi connectivity index (χ3n) is 1.67. The zero-order valence-corrected chi connectivity index (χ0v) is 7.86. The van der Waals surface area contributed by atoms with E-state index in [1.165, 1.54) is 0 Å². The molecule has 68 valence electrons. The molecule has 0 spiro atoms. The molecule has 12 heavy (non-hydrogen) atoms. The lowest BCUT2D eigenvalue weighted by Gasteiger charge is -2.09. The van der Waals surface area contributed by atoms with Crippen LogP contribution in [0.2, 0.25) is 0 Å². The van der Waals surface area contributed by atoms with Gasteiger partial charge in [0.2, 0.25) is 0 Å². The first-order valence-corrected chi connectivity index (χ1v) is 4.20. The summed E-state index contributed by atoms with van der Waals surface area (Å²) in [7, 11) is 1.85. The molecule has 4 heteroatoms. The summed E-state index contributed by atoms with van der Waals surface area (Å²) in [6, 6.07) is -0.0220. The lowest BCUT2D eigenvalue weighted by molar-refractivity contribution is 0.491. The molecule has 0 amide bonds. The molecule has 0 radical (unpaired) electrons. The van der Waals surface area contributed by atoms with E-state index in [2.05, 4.69) is 23.9 Å². The van der Waals surface area contributed by atoms with Crippen LogP contribution in [0.3, 0.4) is 0 Å². The molecule has 0 aliphatic carbocycles. The van der Waals surface area contributed by atoms with Crippen LogP contribution in [0.15, 0.2) is 6.33 Å². The number of nitrogens with zero attached hydrogens (tertiary/aromatic N) is 3. The maximum Gasteiger partial charge on any atom is 0.167 e. The van der Waals surface area contributed by atoms with Gasteiger partial charge in [-0.05, 0) is 12.3 Å². The van der Waals surface area contributed by atoms with E-state index in [0.717, 1.165) is 12.2 Å². The molecule has 0 saturated heterocycles. The van der Waals surface area contributed by atoms with Gasteiger partial charge in [-0.15, -0.1) is 0 Å². The van der Waals surface area contributed by atoms with E-state index in [9.17, 15) is 0 Å². The van der Waals surface area contributed by atoms with Crippen molar-refractivity contribution in [1.82, 2.24) is 14.8 Å². The summed E-state index contributed by atoms with van der Waals surface area (Å²) in [5, 5.41) is 4.14. The second kappa shape index (κ2) is 3.67. The largest absolute Gasteiger partial charge is 0.321 e. The van der Waals surface area contributed by atoms with Crippen molar-refractivity contribution in [3.8, 4) is 0 Å². The Balaban J connectivity index is 2.58. The summed E-state index contributed by atoms with van der Waals surface area (Å²) in [6.45, 7) is 4.28. The fourth-order valence-electron chi connectivity index (χ4n) is 1.14. The predicted molar refractivity (Wildman–Crippen MR) is 47.4 cm³/mol. The van der Waals surface area contributed by atoms with Crippen LogP contribution in [0.5, 0.6) is 0 Å². The fourth-order valence-corrected chi connectivity index (χ4v) is 1.14. The molecule has 0 unspecified atom stereocenters. The average Bonchev–Trinajstić information content (AvgIpc) is 2.34. The third kappa shape index (κ3) is 2.30. The Morgan fingerprint density at radius 3 is 2.67 bits per heavy atom. The molecule has 0 saturated carbocycles. The Kier molecular flexibility index (Phi) is 2.81. The van der Waals surface area contributed by atoms with E-state index < -0.39 is 0 Å². The SMILES string of the molecule is CC(C)C[C@@H](N)c1ncn(C)n1. The van der Waals surface area contributed by atoms with E-state index >= 15 is 0 Å². The first-order valence-electron chi connectivity index (χ1n) is 4.20. The number of aryl methyl sites for hydroxylation is 1. The summed E-state index contributed by atoms with van der Waals surface area (Å²) in [6.07, 6.45) is 2.61. The maximum atomic E-state index is 5.87. The minimum Gasteiger partial charge on any atom is -0.321 e. The van der Waals surface area contributed by atoms with Gasteiger partial charge in [0.25, 0.3) is 0 Å². The van der Waals surface area contributed by atoms with Crippen LogP contribution in [0.4, 0.5) is 0 Å². The molecular formula is C8H16N4. The Morgan fingerprint density at radius 1 is 1.58 bits per heavy atom. The molecule has 4 nitrogen and oxygen atoms in total. The average molecular weight is 168 g/mol. The van der Waals surface area contributed by atoms with Gasteiger partial charge in [0, 0.05) is 7.05 Å². The highest BCUT2D eigenvalue weighted by Crippen LogP contribution is 2.13. The Morgan fingerprint density at radius 2 is 2.25 bits per heavy atom. The summed E-state index contributed by atoms with van der Waals surface area (Å²) >= 11 is 0. The van der Waals surface area contributed by atoms with E-state index in [1.807, 2.05) is 7.05 Å². The lowest BCUT2D eigenvalue weighted by Crippen LogP contribution is -2.14. The first-order chi connectivity index (χ1) is 5.59. The summed E-state index contributed by atoms with van der Waals surface area (Å²) in [5.74, 6) is 1.33. The fraction of sp³-hybridized carbons (Fsp3) is 0.750. The van der Waals surface area contributed by atoms with Crippen molar-refractivity contribution in [2.75, 3.05) is 0 Å². The van der Waals surface area contributed by atoms with Gasteiger partial charge >= 0.3 is 0 Å². The second-order valence-electron chi connectivity index (χ2n) is 3.51. The summed E-state index contributed by atoms with van der Waals surface area (Å²) in [4.78, 5) is 4.10. The maximum absolute atomic E-state index is 5.87. The predicted octanol–water partition coefficient (Wildman–Crippen LogP) is 0.861. The quantitative estimate of drug-likeness (QED) is 0.728. The van der Waals surface area contributed by atoms with E-state index in [0.29, 0.717) is 5.92 Å². The molecule has 0 aromatic carbocycles. The molecule has 2 N–H and O–H groups in total. The van der Waals surface area contributed by atoms with Crippen LogP contribution < -0.4 is 5.73 Å². The van der Waals surface area contributed by atoms with Gasteiger partial charge in [-0.1, -0.05) is 13.8 Å². The van der Waals surface area contributed by atoms with Gasteiger partial charge in [0.05, 0.1) is 6.04 Å². The van der Waals surface area contributed by atoms with Crippen LogP contribution >= 0.6 is 0 Å². The number of hydrogen-bond donors (Lipinski definition) is 1. The van der Waals surface area contributed by atoms with Crippen LogP contribution in [-0.2, 0) is 7.05 Å². The van der Waals surface area contributed by atoms with Gasteiger partial charge in [-0.2, -0.15) is 5.10 Å². The number of hydrogen-bond acceptors (Lipinski definition) is 3. The molecule has 1 aromatic heterocycles. The monoisotopic (exact) mass is 168 g/mol. The number of aromatic nitrogens is 3. The first kappa shape index (κ1) is 9.19. The smallest absolute Gasteiger partial charge is 0.167 e. The molecule has 1 aromatic rings. The zero-order valence-electron chi connectivity index (χ0n) is 7.86. The Hall–Kier alpha value is -0.900. The molecule has 0 bridgehead atoms. The van der Waals surface area contributed by atoms with Crippen molar-refractivity contribution in [2.24, 2.45) is 18.7 Å². The highest BCUT2D eigenvalue weighted by molar-refractivity contribution is 4.90. The van der Waals surface area contributed by atoms with Gasteiger partial charge in [-0.3, -0.25) is 4.68 Å². The van der Waals surface area contributed by atoms with Crippen LogP contribution in [-0.4, -0.2) is 14.8 Å².